The fraction of sp³-hybridized carbons (Fsp3) is 0.486. The third kappa shape index (κ3) is 4.99. The highest BCUT2D eigenvalue weighted by molar-refractivity contribution is 6.05. The summed E-state index contributed by atoms with van der Waals surface area (Å²) in [6, 6.07) is 8.77. The molecule has 2 bridgehead atoms. The van der Waals surface area contributed by atoms with Crippen molar-refractivity contribution >= 4 is 27.5 Å². The number of anilines is 1. The minimum absolute atomic E-state index is 0.0259. The Labute approximate surface area is 265 Å². The van der Waals surface area contributed by atoms with Crippen molar-refractivity contribution in [3.05, 3.63) is 47.5 Å². The number of halogens is 3. The number of piperazine rings is 1. The smallest absolute Gasteiger partial charge is 0.319 e. The highest BCUT2D eigenvalue weighted by Crippen LogP contribution is 2.48. The molecule has 3 saturated heterocycles. The molecule has 8 rings (SSSR count). The Morgan fingerprint density at radius 1 is 1.11 bits per heavy atom. The molecule has 0 spiro atoms. The van der Waals surface area contributed by atoms with Gasteiger partial charge in [-0.15, -0.1) is 0 Å². The van der Waals surface area contributed by atoms with Crippen LogP contribution in [0.5, 0.6) is 17.5 Å². The number of nitrogens with one attached hydrogen (secondary N) is 2. The van der Waals surface area contributed by atoms with E-state index in [1.54, 1.807) is 6.07 Å². The first-order valence-electron chi connectivity index (χ1n) is 16.5. The van der Waals surface area contributed by atoms with Crippen LogP contribution in [0.1, 0.15) is 44.6 Å². The zero-order valence-electron chi connectivity index (χ0n) is 25.8. The first kappa shape index (κ1) is 29.6. The second kappa shape index (κ2) is 11.8. The van der Waals surface area contributed by atoms with Crippen molar-refractivity contribution in [3.63, 3.8) is 0 Å². The van der Waals surface area contributed by atoms with Gasteiger partial charge in [0, 0.05) is 25.2 Å². The van der Waals surface area contributed by atoms with Gasteiger partial charge in [-0.05, 0) is 85.0 Å². The van der Waals surface area contributed by atoms with E-state index in [0.29, 0.717) is 42.5 Å². The molecule has 1 aromatic heterocycles. The number of ether oxygens (including phenoxy) is 2. The van der Waals surface area contributed by atoms with Crippen LogP contribution in [0.3, 0.4) is 0 Å². The molecule has 4 aliphatic heterocycles. The number of hydrogen-bond acceptors (Lipinski definition) is 8. The van der Waals surface area contributed by atoms with E-state index in [2.05, 4.69) is 20.5 Å². The Balaban J connectivity index is 1.32. The zero-order chi connectivity index (χ0) is 31.5. The maximum absolute atomic E-state index is 17.1. The van der Waals surface area contributed by atoms with Crippen molar-refractivity contribution in [1.82, 2.24) is 20.6 Å². The van der Waals surface area contributed by atoms with Crippen molar-refractivity contribution in [2.75, 3.05) is 37.7 Å². The summed E-state index contributed by atoms with van der Waals surface area (Å²) in [5, 5.41) is 19.0. The lowest BCUT2D eigenvalue weighted by Gasteiger charge is -2.40. The van der Waals surface area contributed by atoms with E-state index in [9.17, 15) is 9.50 Å². The Morgan fingerprint density at radius 2 is 2.00 bits per heavy atom. The van der Waals surface area contributed by atoms with Crippen LogP contribution >= 0.6 is 0 Å². The molecule has 0 radical (unpaired) electrons. The predicted octanol–water partition coefficient (Wildman–Crippen LogP) is 5.80. The van der Waals surface area contributed by atoms with E-state index in [-0.39, 0.29) is 76.8 Å². The molecule has 0 amide bonds. The molecule has 242 valence electrons. The molecular weight excluding hydrogens is 595 g/mol. The van der Waals surface area contributed by atoms with Gasteiger partial charge in [0.25, 0.3) is 0 Å². The largest absolute Gasteiger partial charge is 0.508 e. The van der Waals surface area contributed by atoms with Gasteiger partial charge in [0.05, 0.1) is 23.6 Å². The van der Waals surface area contributed by atoms with Crippen molar-refractivity contribution in [1.29, 1.82) is 0 Å². The molecule has 0 saturated carbocycles. The average Bonchev–Trinajstić information content (AvgIpc) is 3.34. The van der Waals surface area contributed by atoms with E-state index in [4.69, 9.17) is 14.5 Å². The summed E-state index contributed by atoms with van der Waals surface area (Å²) in [6.45, 7) is 4.02. The lowest BCUT2D eigenvalue weighted by molar-refractivity contribution is 0.166. The van der Waals surface area contributed by atoms with Gasteiger partial charge in [0.1, 0.15) is 29.9 Å². The molecular formula is C35H38F3N5O3. The summed E-state index contributed by atoms with van der Waals surface area (Å²) < 4.78 is 60.9. The summed E-state index contributed by atoms with van der Waals surface area (Å²) >= 11 is 0. The number of aryl methyl sites for hydroxylation is 1. The molecule has 5 atom stereocenters. The number of aromatic hydroxyl groups is 1. The lowest BCUT2D eigenvalue weighted by atomic mass is 9.91. The van der Waals surface area contributed by atoms with Gasteiger partial charge in [-0.2, -0.15) is 9.97 Å². The van der Waals surface area contributed by atoms with E-state index in [0.717, 1.165) is 37.8 Å². The van der Waals surface area contributed by atoms with Gasteiger partial charge < -0.3 is 30.1 Å². The predicted molar refractivity (Wildman–Crippen MR) is 171 cm³/mol. The third-order valence-electron chi connectivity index (χ3n) is 10.2. The Kier molecular flexibility index (Phi) is 7.56. The van der Waals surface area contributed by atoms with Crippen molar-refractivity contribution in [3.8, 4) is 28.6 Å². The Hall–Kier alpha value is -3.83. The molecule has 11 heteroatoms. The minimum atomic E-state index is -0.985. The number of phenolic OH excluding ortho intramolecular Hbond substituents is 1. The minimum Gasteiger partial charge on any atom is -0.508 e. The van der Waals surface area contributed by atoms with Crippen LogP contribution in [-0.2, 0) is 6.42 Å². The maximum Gasteiger partial charge on any atom is 0.319 e. The van der Waals surface area contributed by atoms with Crippen LogP contribution < -0.4 is 25.0 Å². The lowest BCUT2D eigenvalue weighted by Crippen LogP contribution is -2.60. The Morgan fingerprint density at radius 3 is 2.87 bits per heavy atom. The SMILES string of the molecule is CCc1cccc2cc(O)cc(-c3c(F)c4c5c(nc(OCC6CCCNCC(F)C6)nc5c3F)N3CC5CCC(N5)C3CO4)c12. The van der Waals surface area contributed by atoms with E-state index in [1.807, 2.05) is 25.1 Å². The molecule has 46 heavy (non-hydrogen) atoms. The summed E-state index contributed by atoms with van der Waals surface area (Å²) in [6.07, 6.45) is 3.61. The van der Waals surface area contributed by atoms with E-state index >= 15 is 8.78 Å². The highest BCUT2D eigenvalue weighted by Gasteiger charge is 2.44. The number of alkyl halides is 1. The quantitative estimate of drug-likeness (QED) is 0.254. The average molecular weight is 634 g/mol. The maximum atomic E-state index is 17.1. The Bertz CT molecular complexity index is 1820. The fourth-order valence-electron chi connectivity index (χ4n) is 8.05. The van der Waals surface area contributed by atoms with Crippen LogP contribution in [-0.4, -0.2) is 72.2 Å². The van der Waals surface area contributed by atoms with Gasteiger partial charge >= 0.3 is 6.01 Å². The molecule has 5 unspecified atom stereocenters. The van der Waals surface area contributed by atoms with Crippen LogP contribution in [0.4, 0.5) is 19.0 Å². The summed E-state index contributed by atoms with van der Waals surface area (Å²) in [4.78, 5) is 11.5. The molecule has 4 aromatic rings. The monoisotopic (exact) mass is 633 g/mol. The van der Waals surface area contributed by atoms with Gasteiger partial charge in [-0.25, -0.2) is 13.2 Å². The molecule has 3 aromatic carbocycles. The highest BCUT2D eigenvalue weighted by atomic mass is 19.1. The van der Waals surface area contributed by atoms with Crippen LogP contribution in [0.25, 0.3) is 32.8 Å². The summed E-state index contributed by atoms with van der Waals surface area (Å²) in [5.74, 6) is -1.58. The van der Waals surface area contributed by atoms with Gasteiger partial charge in [0.2, 0.25) is 0 Å². The molecule has 4 aliphatic rings. The summed E-state index contributed by atoms with van der Waals surface area (Å²) in [5.41, 5.74) is 0.706. The first-order valence-corrected chi connectivity index (χ1v) is 16.5. The third-order valence-corrected chi connectivity index (χ3v) is 10.2. The van der Waals surface area contributed by atoms with Crippen molar-refractivity contribution < 1.29 is 27.8 Å². The summed E-state index contributed by atoms with van der Waals surface area (Å²) in [7, 11) is 0. The zero-order valence-corrected chi connectivity index (χ0v) is 25.8. The fourth-order valence-corrected chi connectivity index (χ4v) is 8.05. The number of benzene rings is 3. The number of aromatic nitrogens is 2. The topological polar surface area (TPSA) is 91.8 Å². The number of hydrogen-bond donors (Lipinski definition) is 3. The second-order valence-corrected chi connectivity index (χ2v) is 13.2. The second-order valence-electron chi connectivity index (χ2n) is 13.2. The van der Waals surface area contributed by atoms with E-state index in [1.165, 1.54) is 6.07 Å². The number of fused-ring (bicyclic) bond motifs is 6. The first-order chi connectivity index (χ1) is 22.4. The van der Waals surface area contributed by atoms with Crippen LogP contribution in [0.15, 0.2) is 30.3 Å². The molecule has 8 nitrogen and oxygen atoms in total. The van der Waals surface area contributed by atoms with Crippen LogP contribution in [0.2, 0.25) is 0 Å². The van der Waals surface area contributed by atoms with Gasteiger partial charge in [-0.3, -0.25) is 0 Å². The molecule has 3 N–H and O–H groups in total. The van der Waals surface area contributed by atoms with E-state index < -0.39 is 17.8 Å². The number of nitrogens with zero attached hydrogens (tertiary/aromatic N) is 3. The van der Waals surface area contributed by atoms with Gasteiger partial charge in [0.15, 0.2) is 17.4 Å². The number of rotatable bonds is 5. The van der Waals surface area contributed by atoms with Crippen molar-refractivity contribution in [2.24, 2.45) is 5.92 Å². The molecule has 0 aliphatic carbocycles. The van der Waals surface area contributed by atoms with Gasteiger partial charge in [-0.1, -0.05) is 25.1 Å². The molecule has 3 fully saturated rings. The van der Waals surface area contributed by atoms with Crippen LogP contribution in [0, 0.1) is 17.6 Å². The van der Waals surface area contributed by atoms with Crippen molar-refractivity contribution in [2.45, 2.75) is 69.7 Å². The normalized spacial score (nSPS) is 25.9. The molecule has 5 heterocycles. The standard InChI is InChI=1S/C35H38F3N5O3/c1-2-19-6-3-7-20-12-23(44)13-24(27(19)20)28-30(37)32-29-33(31(28)38)45-17-26-25-9-8-22(40-25)15-43(26)34(29)42-35(41-32)46-16-18-5-4-10-39-14-21(36)11-18/h3,6-7,12-13,18,21-22,25-26,39-40,44H,2,4-5,8-11,14-17H2,1H3. The number of phenols is 1.